The summed E-state index contributed by atoms with van der Waals surface area (Å²) in [5.41, 5.74) is 8.03. The zero-order valence-corrected chi connectivity index (χ0v) is 10.8. The van der Waals surface area contributed by atoms with Crippen LogP contribution in [0.15, 0.2) is 45.1 Å². The predicted octanol–water partition coefficient (Wildman–Crippen LogP) is 3.54. The average molecular weight is 248 g/mol. The number of benzene rings is 1. The standard InChI is InChI=1S/C13H16N2OS/c1-3-12(14)10-4-6-11(7-5-10)17-13-15-9(2)8-16-13/h4-8,12H,3,14H2,1-2H3/t12-/m0/s1. The molecule has 0 spiro atoms. The first-order valence-electron chi connectivity index (χ1n) is 5.64. The molecular weight excluding hydrogens is 232 g/mol. The van der Waals surface area contributed by atoms with Crippen LogP contribution in [0.4, 0.5) is 0 Å². The molecule has 0 aliphatic heterocycles. The van der Waals surface area contributed by atoms with E-state index >= 15 is 0 Å². The van der Waals surface area contributed by atoms with Crippen LogP contribution < -0.4 is 5.73 Å². The van der Waals surface area contributed by atoms with Gasteiger partial charge in [0.15, 0.2) is 0 Å². The summed E-state index contributed by atoms with van der Waals surface area (Å²) in [6, 6.07) is 8.35. The maximum atomic E-state index is 5.96. The van der Waals surface area contributed by atoms with Gasteiger partial charge < -0.3 is 10.2 Å². The summed E-state index contributed by atoms with van der Waals surface area (Å²) < 4.78 is 5.29. The highest BCUT2D eigenvalue weighted by molar-refractivity contribution is 7.99. The van der Waals surface area contributed by atoms with Gasteiger partial charge in [-0.1, -0.05) is 19.1 Å². The van der Waals surface area contributed by atoms with Gasteiger partial charge in [-0.3, -0.25) is 0 Å². The van der Waals surface area contributed by atoms with Gasteiger partial charge in [0.05, 0.1) is 5.69 Å². The third-order valence-corrected chi connectivity index (χ3v) is 3.42. The first-order valence-corrected chi connectivity index (χ1v) is 6.46. The molecule has 3 nitrogen and oxygen atoms in total. The molecule has 0 amide bonds. The van der Waals surface area contributed by atoms with Crippen LogP contribution >= 0.6 is 11.8 Å². The summed E-state index contributed by atoms with van der Waals surface area (Å²) in [4.78, 5) is 5.36. The Labute approximate surface area is 105 Å². The Morgan fingerprint density at radius 3 is 2.59 bits per heavy atom. The molecule has 0 aliphatic rings. The number of aryl methyl sites for hydroxylation is 1. The summed E-state index contributed by atoms with van der Waals surface area (Å²) in [5.74, 6) is 0. The van der Waals surface area contributed by atoms with Gasteiger partial charge in [0.2, 0.25) is 0 Å². The van der Waals surface area contributed by atoms with Gasteiger partial charge >= 0.3 is 0 Å². The van der Waals surface area contributed by atoms with Crippen LogP contribution in [-0.2, 0) is 0 Å². The molecule has 0 unspecified atom stereocenters. The fourth-order valence-electron chi connectivity index (χ4n) is 1.50. The zero-order valence-electron chi connectivity index (χ0n) is 10.0. The quantitative estimate of drug-likeness (QED) is 0.899. The number of hydrogen-bond acceptors (Lipinski definition) is 4. The molecule has 17 heavy (non-hydrogen) atoms. The Morgan fingerprint density at radius 2 is 2.06 bits per heavy atom. The lowest BCUT2D eigenvalue weighted by atomic mass is 10.1. The Hall–Kier alpha value is -1.26. The molecule has 0 bridgehead atoms. The van der Waals surface area contributed by atoms with Crippen LogP contribution in [0.25, 0.3) is 0 Å². The van der Waals surface area contributed by atoms with E-state index in [-0.39, 0.29) is 6.04 Å². The molecular formula is C13H16N2OS. The number of nitrogens with zero attached hydrogens (tertiary/aromatic N) is 1. The third kappa shape index (κ3) is 3.11. The lowest BCUT2D eigenvalue weighted by molar-refractivity contribution is 0.454. The van der Waals surface area contributed by atoms with Crippen LogP contribution in [-0.4, -0.2) is 4.98 Å². The van der Waals surface area contributed by atoms with Crippen molar-refractivity contribution in [3.63, 3.8) is 0 Å². The first kappa shape index (κ1) is 12.2. The molecule has 2 rings (SSSR count). The highest BCUT2D eigenvalue weighted by atomic mass is 32.2. The fourth-order valence-corrected chi connectivity index (χ4v) is 2.26. The molecule has 90 valence electrons. The minimum absolute atomic E-state index is 0.123. The molecule has 0 fully saturated rings. The zero-order chi connectivity index (χ0) is 12.3. The summed E-state index contributed by atoms with van der Waals surface area (Å²) >= 11 is 1.52. The number of hydrogen-bond donors (Lipinski definition) is 1. The highest BCUT2D eigenvalue weighted by Crippen LogP contribution is 2.27. The number of nitrogens with two attached hydrogens (primary N) is 1. The minimum Gasteiger partial charge on any atom is -0.439 e. The second-order valence-corrected chi connectivity index (χ2v) is 4.97. The molecule has 0 saturated heterocycles. The summed E-state index contributed by atoms with van der Waals surface area (Å²) in [6.45, 7) is 4.00. The molecule has 0 saturated carbocycles. The van der Waals surface area contributed by atoms with Crippen LogP contribution in [0.2, 0.25) is 0 Å². The van der Waals surface area contributed by atoms with Gasteiger partial charge in [-0.2, -0.15) is 0 Å². The second kappa shape index (κ2) is 5.38. The minimum atomic E-state index is 0.123. The maximum absolute atomic E-state index is 5.96. The Morgan fingerprint density at radius 1 is 1.35 bits per heavy atom. The average Bonchev–Trinajstić information content (AvgIpc) is 2.75. The molecule has 1 aromatic carbocycles. The number of aromatic nitrogens is 1. The maximum Gasteiger partial charge on any atom is 0.260 e. The van der Waals surface area contributed by atoms with Crippen molar-refractivity contribution in [2.24, 2.45) is 5.73 Å². The van der Waals surface area contributed by atoms with E-state index in [1.807, 2.05) is 6.92 Å². The number of rotatable bonds is 4. The number of oxazole rings is 1. The molecule has 0 radical (unpaired) electrons. The van der Waals surface area contributed by atoms with Gasteiger partial charge in [-0.25, -0.2) is 4.98 Å². The lowest BCUT2D eigenvalue weighted by Crippen LogP contribution is -2.07. The van der Waals surface area contributed by atoms with Crippen molar-refractivity contribution >= 4 is 11.8 Å². The van der Waals surface area contributed by atoms with E-state index < -0.39 is 0 Å². The van der Waals surface area contributed by atoms with E-state index in [1.54, 1.807) is 6.26 Å². The third-order valence-electron chi connectivity index (χ3n) is 2.55. The predicted molar refractivity (Wildman–Crippen MR) is 69.0 cm³/mol. The van der Waals surface area contributed by atoms with Crippen molar-refractivity contribution in [1.82, 2.24) is 4.98 Å². The van der Waals surface area contributed by atoms with Crippen molar-refractivity contribution in [3.05, 3.63) is 41.8 Å². The molecule has 1 aromatic heterocycles. The lowest BCUT2D eigenvalue weighted by Gasteiger charge is -2.08. The SMILES string of the molecule is CC[C@H](N)c1ccc(Sc2nc(C)co2)cc1. The van der Waals surface area contributed by atoms with Crippen molar-refractivity contribution in [2.45, 2.75) is 36.4 Å². The first-order chi connectivity index (χ1) is 8.19. The molecule has 1 atom stereocenters. The largest absolute Gasteiger partial charge is 0.439 e. The van der Waals surface area contributed by atoms with Crippen LogP contribution in [0.1, 0.15) is 30.6 Å². The van der Waals surface area contributed by atoms with E-state index in [9.17, 15) is 0 Å². The molecule has 2 N–H and O–H groups in total. The van der Waals surface area contributed by atoms with Crippen LogP contribution in [0, 0.1) is 6.92 Å². The summed E-state index contributed by atoms with van der Waals surface area (Å²) in [6.07, 6.45) is 2.61. The smallest absolute Gasteiger partial charge is 0.260 e. The van der Waals surface area contributed by atoms with Gasteiger partial charge in [-0.05, 0) is 42.8 Å². The normalized spacial score (nSPS) is 12.6. The van der Waals surface area contributed by atoms with Gasteiger partial charge in [0, 0.05) is 10.9 Å². The van der Waals surface area contributed by atoms with Crippen LogP contribution in [0.5, 0.6) is 0 Å². The Bertz CT molecular complexity index is 478. The van der Waals surface area contributed by atoms with Crippen molar-refractivity contribution in [3.8, 4) is 0 Å². The fraction of sp³-hybridized carbons (Fsp3) is 0.308. The van der Waals surface area contributed by atoms with Gasteiger partial charge in [-0.15, -0.1) is 0 Å². The van der Waals surface area contributed by atoms with Gasteiger partial charge in [0.25, 0.3) is 5.22 Å². The van der Waals surface area contributed by atoms with E-state index in [1.165, 1.54) is 17.3 Å². The van der Waals surface area contributed by atoms with Crippen LogP contribution in [0.3, 0.4) is 0 Å². The summed E-state index contributed by atoms with van der Waals surface area (Å²) in [5, 5.41) is 0.676. The molecule has 0 aliphatic carbocycles. The van der Waals surface area contributed by atoms with Gasteiger partial charge in [0.1, 0.15) is 6.26 Å². The van der Waals surface area contributed by atoms with E-state index in [4.69, 9.17) is 10.2 Å². The van der Waals surface area contributed by atoms with Crippen molar-refractivity contribution in [2.75, 3.05) is 0 Å². The van der Waals surface area contributed by atoms with Crippen molar-refractivity contribution < 1.29 is 4.42 Å². The van der Waals surface area contributed by atoms with E-state index in [0.29, 0.717) is 5.22 Å². The second-order valence-electron chi connectivity index (χ2n) is 3.94. The summed E-state index contributed by atoms with van der Waals surface area (Å²) in [7, 11) is 0. The van der Waals surface area contributed by atoms with E-state index in [2.05, 4.69) is 36.2 Å². The molecule has 1 heterocycles. The molecule has 4 heteroatoms. The monoisotopic (exact) mass is 248 g/mol. The highest BCUT2D eigenvalue weighted by Gasteiger charge is 2.06. The Balaban J connectivity index is 2.08. The van der Waals surface area contributed by atoms with Crippen molar-refractivity contribution in [1.29, 1.82) is 0 Å². The molecule has 2 aromatic rings. The Kier molecular flexibility index (Phi) is 3.86. The van der Waals surface area contributed by atoms with E-state index in [0.717, 1.165) is 17.0 Å². The topological polar surface area (TPSA) is 52.0 Å².